The fourth-order valence-electron chi connectivity index (χ4n) is 2.60. The number of anilines is 1. The van der Waals surface area contributed by atoms with E-state index in [9.17, 15) is 0 Å². The molecule has 0 amide bonds. The van der Waals surface area contributed by atoms with Crippen molar-refractivity contribution in [1.82, 2.24) is 0 Å². The molecule has 0 aromatic heterocycles. The van der Waals surface area contributed by atoms with Crippen molar-refractivity contribution < 1.29 is 4.74 Å². The summed E-state index contributed by atoms with van der Waals surface area (Å²) in [7, 11) is 3.85. The van der Waals surface area contributed by atoms with Crippen molar-refractivity contribution in [2.75, 3.05) is 25.6 Å². The molecule has 0 bridgehead atoms. The van der Waals surface area contributed by atoms with Gasteiger partial charge in [-0.2, -0.15) is 0 Å². The zero-order valence-electron chi connectivity index (χ0n) is 11.8. The lowest BCUT2D eigenvalue weighted by Crippen LogP contribution is -2.23. The Kier molecular flexibility index (Phi) is 3.81. The summed E-state index contributed by atoms with van der Waals surface area (Å²) in [6.07, 6.45) is 1.35. The molecule has 3 heteroatoms. The monoisotopic (exact) mass is 248 g/mol. The van der Waals surface area contributed by atoms with Crippen LogP contribution in [0.5, 0.6) is 5.75 Å². The Bertz CT molecular complexity index is 417. The first kappa shape index (κ1) is 13.2. The zero-order chi connectivity index (χ0) is 13.3. The Morgan fingerprint density at radius 2 is 2.17 bits per heavy atom. The molecule has 0 spiro atoms. The molecule has 2 unspecified atom stereocenters. The van der Waals surface area contributed by atoms with Crippen molar-refractivity contribution in [1.29, 1.82) is 0 Å². The average molecular weight is 248 g/mol. The molecular weight excluding hydrogens is 224 g/mol. The highest BCUT2D eigenvalue weighted by molar-refractivity contribution is 5.60. The van der Waals surface area contributed by atoms with Gasteiger partial charge in [0.25, 0.3) is 0 Å². The van der Waals surface area contributed by atoms with E-state index >= 15 is 0 Å². The second-order valence-corrected chi connectivity index (χ2v) is 5.54. The number of benzene rings is 1. The van der Waals surface area contributed by atoms with Crippen molar-refractivity contribution in [3.05, 3.63) is 23.8 Å². The van der Waals surface area contributed by atoms with Crippen molar-refractivity contribution in [2.45, 2.75) is 26.3 Å². The molecule has 2 N–H and O–H groups in total. The van der Waals surface area contributed by atoms with Gasteiger partial charge in [0, 0.05) is 30.9 Å². The van der Waals surface area contributed by atoms with Gasteiger partial charge in [-0.05, 0) is 37.3 Å². The van der Waals surface area contributed by atoms with Crippen LogP contribution in [-0.4, -0.2) is 20.7 Å². The summed E-state index contributed by atoms with van der Waals surface area (Å²) in [6.45, 7) is 5.43. The minimum Gasteiger partial charge on any atom is -0.496 e. The molecule has 1 aliphatic carbocycles. The van der Waals surface area contributed by atoms with Gasteiger partial charge >= 0.3 is 0 Å². The molecule has 1 saturated carbocycles. The molecule has 0 saturated heterocycles. The van der Waals surface area contributed by atoms with Crippen molar-refractivity contribution in [3.8, 4) is 5.75 Å². The Hall–Kier alpha value is -1.22. The molecule has 1 aromatic carbocycles. The molecule has 18 heavy (non-hydrogen) atoms. The molecule has 100 valence electrons. The Morgan fingerprint density at radius 3 is 2.67 bits per heavy atom. The third-order valence-corrected chi connectivity index (χ3v) is 3.91. The van der Waals surface area contributed by atoms with Crippen LogP contribution in [0.4, 0.5) is 5.69 Å². The third-order valence-electron chi connectivity index (χ3n) is 3.91. The van der Waals surface area contributed by atoms with E-state index < -0.39 is 0 Å². The number of nitrogens with zero attached hydrogens (tertiary/aromatic N) is 1. The van der Waals surface area contributed by atoms with E-state index in [-0.39, 0.29) is 6.04 Å². The first-order valence-corrected chi connectivity index (χ1v) is 6.68. The number of ether oxygens (including phenoxy) is 1. The lowest BCUT2D eigenvalue weighted by atomic mass is 10.0. The van der Waals surface area contributed by atoms with Gasteiger partial charge in [0.1, 0.15) is 5.75 Å². The van der Waals surface area contributed by atoms with E-state index in [2.05, 4.69) is 24.9 Å². The summed E-state index contributed by atoms with van der Waals surface area (Å²) in [6, 6.07) is 6.13. The smallest absolute Gasteiger partial charge is 0.125 e. The first-order valence-electron chi connectivity index (χ1n) is 6.68. The SMILES string of the molecule is COc1cccc(N(C)CC2CC2C)c1[C@H](C)N. The molecule has 0 heterocycles. The minimum absolute atomic E-state index is 0.0183. The van der Waals surface area contributed by atoms with Gasteiger partial charge in [-0.25, -0.2) is 0 Å². The van der Waals surface area contributed by atoms with Crippen LogP contribution in [0.1, 0.15) is 31.9 Å². The zero-order valence-corrected chi connectivity index (χ0v) is 11.8. The number of hydrogen-bond donors (Lipinski definition) is 1. The average Bonchev–Trinajstić information content (AvgIpc) is 3.03. The second-order valence-electron chi connectivity index (χ2n) is 5.54. The van der Waals surface area contributed by atoms with E-state index in [1.807, 2.05) is 19.1 Å². The number of rotatable bonds is 5. The molecule has 3 atom stereocenters. The number of hydrogen-bond acceptors (Lipinski definition) is 3. The highest BCUT2D eigenvalue weighted by Crippen LogP contribution is 2.40. The maximum Gasteiger partial charge on any atom is 0.125 e. The number of nitrogens with two attached hydrogens (primary N) is 1. The molecule has 1 aliphatic rings. The Labute approximate surface area is 110 Å². The van der Waals surface area contributed by atoms with Gasteiger partial charge in [-0.1, -0.05) is 13.0 Å². The topological polar surface area (TPSA) is 38.5 Å². The van der Waals surface area contributed by atoms with Crippen LogP contribution in [0, 0.1) is 11.8 Å². The fraction of sp³-hybridized carbons (Fsp3) is 0.600. The van der Waals surface area contributed by atoms with E-state index in [0.717, 1.165) is 29.7 Å². The van der Waals surface area contributed by atoms with Gasteiger partial charge in [0.15, 0.2) is 0 Å². The predicted molar refractivity (Wildman–Crippen MR) is 76.1 cm³/mol. The predicted octanol–water partition coefficient (Wildman–Crippen LogP) is 2.81. The Balaban J connectivity index is 2.25. The van der Waals surface area contributed by atoms with Crippen molar-refractivity contribution >= 4 is 5.69 Å². The molecule has 2 rings (SSSR count). The van der Waals surface area contributed by atoms with E-state index in [0.29, 0.717) is 0 Å². The molecule has 0 aliphatic heterocycles. The molecular formula is C15H24N2O. The van der Waals surface area contributed by atoms with Gasteiger partial charge < -0.3 is 15.4 Å². The lowest BCUT2D eigenvalue weighted by Gasteiger charge is -2.25. The van der Waals surface area contributed by atoms with E-state index in [1.165, 1.54) is 12.1 Å². The van der Waals surface area contributed by atoms with Crippen LogP contribution in [0.3, 0.4) is 0 Å². The van der Waals surface area contributed by atoms with Crippen LogP contribution >= 0.6 is 0 Å². The van der Waals surface area contributed by atoms with Crippen LogP contribution in [0.2, 0.25) is 0 Å². The Morgan fingerprint density at radius 1 is 1.50 bits per heavy atom. The lowest BCUT2D eigenvalue weighted by molar-refractivity contribution is 0.407. The summed E-state index contributed by atoms with van der Waals surface area (Å²) in [5.74, 6) is 2.59. The largest absolute Gasteiger partial charge is 0.496 e. The normalized spacial score (nSPS) is 23.6. The van der Waals surface area contributed by atoms with Crippen molar-refractivity contribution in [2.24, 2.45) is 17.6 Å². The van der Waals surface area contributed by atoms with Crippen LogP contribution < -0.4 is 15.4 Å². The van der Waals surface area contributed by atoms with Crippen molar-refractivity contribution in [3.63, 3.8) is 0 Å². The molecule has 1 fully saturated rings. The highest BCUT2D eigenvalue weighted by atomic mass is 16.5. The highest BCUT2D eigenvalue weighted by Gasteiger charge is 2.33. The summed E-state index contributed by atoms with van der Waals surface area (Å²) >= 11 is 0. The minimum atomic E-state index is -0.0183. The molecule has 1 aromatic rings. The quantitative estimate of drug-likeness (QED) is 0.871. The summed E-state index contributed by atoms with van der Waals surface area (Å²) in [4.78, 5) is 2.31. The maximum atomic E-state index is 6.10. The second kappa shape index (κ2) is 5.19. The summed E-state index contributed by atoms with van der Waals surface area (Å²) in [5.41, 5.74) is 8.40. The standard InChI is InChI=1S/C15H24N2O/c1-10-8-12(10)9-17(3)13-6-5-7-14(18-4)15(13)11(2)16/h5-7,10-12H,8-9,16H2,1-4H3/t10?,11-,12?/m0/s1. The van der Waals surface area contributed by atoms with Crippen LogP contribution in [-0.2, 0) is 0 Å². The molecule has 3 nitrogen and oxygen atoms in total. The summed E-state index contributed by atoms with van der Waals surface area (Å²) < 4.78 is 5.43. The van der Waals surface area contributed by atoms with Crippen LogP contribution in [0.15, 0.2) is 18.2 Å². The first-order chi connectivity index (χ1) is 8.54. The van der Waals surface area contributed by atoms with Gasteiger partial charge in [0.2, 0.25) is 0 Å². The van der Waals surface area contributed by atoms with Gasteiger partial charge in [-0.3, -0.25) is 0 Å². The van der Waals surface area contributed by atoms with E-state index in [4.69, 9.17) is 10.5 Å². The third kappa shape index (κ3) is 2.61. The maximum absolute atomic E-state index is 6.10. The van der Waals surface area contributed by atoms with E-state index in [1.54, 1.807) is 7.11 Å². The fourth-order valence-corrected chi connectivity index (χ4v) is 2.60. The van der Waals surface area contributed by atoms with Crippen LogP contribution in [0.25, 0.3) is 0 Å². The van der Waals surface area contributed by atoms with Gasteiger partial charge in [-0.15, -0.1) is 0 Å². The molecule has 0 radical (unpaired) electrons. The number of methoxy groups -OCH3 is 1. The van der Waals surface area contributed by atoms with Gasteiger partial charge in [0.05, 0.1) is 7.11 Å². The summed E-state index contributed by atoms with van der Waals surface area (Å²) in [5, 5.41) is 0.